The van der Waals surface area contributed by atoms with Gasteiger partial charge in [-0.3, -0.25) is 0 Å². The summed E-state index contributed by atoms with van der Waals surface area (Å²) < 4.78 is 0. The first-order chi connectivity index (χ1) is 7.17. The van der Waals surface area contributed by atoms with Crippen molar-refractivity contribution >= 4 is 11.7 Å². The maximum atomic E-state index is 10.9. The number of carboxylic acid groups (broad SMARTS) is 1. The number of aliphatic hydroxyl groups excluding tert-OH is 1. The number of aliphatic hydroxyl groups is 1. The molecule has 0 aliphatic heterocycles. The van der Waals surface area contributed by atoms with E-state index in [9.17, 15) is 4.79 Å². The van der Waals surface area contributed by atoms with Gasteiger partial charge in [0.1, 0.15) is 0 Å². The number of aromatic nitrogens is 1. The molecule has 1 fully saturated rings. The van der Waals surface area contributed by atoms with Crippen LogP contribution in [0.3, 0.4) is 0 Å². The summed E-state index contributed by atoms with van der Waals surface area (Å²) in [5.74, 6) is -1.06. The van der Waals surface area contributed by atoms with Gasteiger partial charge in [0.2, 0.25) is 0 Å². The molecule has 1 aromatic rings. The Morgan fingerprint density at radius 2 is 2.33 bits per heavy atom. The van der Waals surface area contributed by atoms with Gasteiger partial charge in [-0.2, -0.15) is 0 Å². The summed E-state index contributed by atoms with van der Waals surface area (Å²) in [6.45, 7) is 0.0148. The minimum atomic E-state index is -1.06. The number of hydrogen-bond acceptors (Lipinski definition) is 4. The summed E-state index contributed by atoms with van der Waals surface area (Å²) in [7, 11) is 0. The SMILES string of the molecule is O=C(O)c1ncccc1NC1(CO)CC1. The van der Waals surface area contributed by atoms with Crippen molar-refractivity contribution < 1.29 is 15.0 Å². The second kappa shape index (κ2) is 3.51. The molecular weight excluding hydrogens is 196 g/mol. The third-order valence-corrected chi connectivity index (χ3v) is 2.57. The molecule has 0 spiro atoms. The van der Waals surface area contributed by atoms with E-state index in [0.29, 0.717) is 5.69 Å². The lowest BCUT2D eigenvalue weighted by Crippen LogP contribution is -2.27. The molecule has 0 saturated heterocycles. The van der Waals surface area contributed by atoms with Crippen molar-refractivity contribution in [3.63, 3.8) is 0 Å². The molecule has 15 heavy (non-hydrogen) atoms. The van der Waals surface area contributed by atoms with Crippen molar-refractivity contribution in [1.82, 2.24) is 4.98 Å². The lowest BCUT2D eigenvalue weighted by Gasteiger charge is -2.16. The van der Waals surface area contributed by atoms with Crippen LogP contribution in [0, 0.1) is 0 Å². The van der Waals surface area contributed by atoms with E-state index in [2.05, 4.69) is 10.3 Å². The van der Waals surface area contributed by atoms with Crippen LogP contribution in [0.15, 0.2) is 18.3 Å². The molecule has 0 unspecified atom stereocenters. The highest BCUT2D eigenvalue weighted by molar-refractivity contribution is 5.92. The number of carbonyl (C=O) groups is 1. The Labute approximate surface area is 86.8 Å². The van der Waals surface area contributed by atoms with Crippen molar-refractivity contribution in [1.29, 1.82) is 0 Å². The highest BCUT2D eigenvalue weighted by Gasteiger charge is 2.42. The smallest absolute Gasteiger partial charge is 0.356 e. The predicted molar refractivity (Wildman–Crippen MR) is 53.9 cm³/mol. The van der Waals surface area contributed by atoms with Gasteiger partial charge in [0.25, 0.3) is 0 Å². The van der Waals surface area contributed by atoms with Gasteiger partial charge in [0.05, 0.1) is 17.8 Å². The van der Waals surface area contributed by atoms with Crippen molar-refractivity contribution in [2.24, 2.45) is 0 Å². The van der Waals surface area contributed by atoms with E-state index in [1.54, 1.807) is 12.1 Å². The van der Waals surface area contributed by atoms with Crippen LogP contribution in [-0.2, 0) is 0 Å². The molecule has 1 saturated carbocycles. The molecule has 1 aromatic heterocycles. The van der Waals surface area contributed by atoms with Gasteiger partial charge in [0.15, 0.2) is 5.69 Å². The third-order valence-electron chi connectivity index (χ3n) is 2.57. The number of nitrogens with one attached hydrogen (secondary N) is 1. The van der Waals surface area contributed by atoms with Gasteiger partial charge in [-0.15, -0.1) is 0 Å². The van der Waals surface area contributed by atoms with Crippen LogP contribution >= 0.6 is 0 Å². The largest absolute Gasteiger partial charge is 0.476 e. The molecular formula is C10H12N2O3. The summed E-state index contributed by atoms with van der Waals surface area (Å²) in [4.78, 5) is 14.6. The molecule has 2 rings (SSSR count). The number of carboxylic acids is 1. The summed E-state index contributed by atoms with van der Waals surface area (Å²) >= 11 is 0. The number of anilines is 1. The Bertz CT molecular complexity index is 388. The molecule has 0 bridgehead atoms. The Kier molecular flexibility index (Phi) is 2.32. The maximum Gasteiger partial charge on any atom is 0.356 e. The van der Waals surface area contributed by atoms with Gasteiger partial charge < -0.3 is 15.5 Å². The first kappa shape index (κ1) is 9.92. The number of rotatable bonds is 4. The fraction of sp³-hybridized carbons (Fsp3) is 0.400. The summed E-state index contributed by atoms with van der Waals surface area (Å²) in [5.41, 5.74) is 0.140. The fourth-order valence-corrected chi connectivity index (χ4v) is 1.44. The topological polar surface area (TPSA) is 82.5 Å². The van der Waals surface area contributed by atoms with E-state index in [0.717, 1.165) is 12.8 Å². The molecule has 1 aliphatic rings. The zero-order valence-electron chi connectivity index (χ0n) is 8.10. The molecule has 0 radical (unpaired) electrons. The van der Waals surface area contributed by atoms with Crippen LogP contribution in [0.1, 0.15) is 23.3 Å². The second-order valence-corrected chi connectivity index (χ2v) is 3.77. The maximum absolute atomic E-state index is 10.9. The third kappa shape index (κ3) is 1.92. The van der Waals surface area contributed by atoms with Crippen molar-refractivity contribution in [2.45, 2.75) is 18.4 Å². The van der Waals surface area contributed by atoms with Gasteiger partial charge in [-0.05, 0) is 25.0 Å². The molecule has 5 heteroatoms. The summed E-state index contributed by atoms with van der Waals surface area (Å²) in [6, 6.07) is 3.33. The quantitative estimate of drug-likeness (QED) is 0.679. The molecule has 1 heterocycles. The standard InChI is InChI=1S/C10H12N2O3/c13-6-10(3-4-10)12-7-2-1-5-11-8(7)9(14)15/h1-2,5,12-13H,3-4,6H2,(H,14,15). The minimum Gasteiger partial charge on any atom is -0.476 e. The molecule has 3 N–H and O–H groups in total. The van der Waals surface area contributed by atoms with E-state index in [4.69, 9.17) is 10.2 Å². The zero-order valence-corrected chi connectivity index (χ0v) is 8.10. The normalized spacial score (nSPS) is 17.1. The highest BCUT2D eigenvalue weighted by atomic mass is 16.4. The molecule has 0 atom stereocenters. The van der Waals surface area contributed by atoms with E-state index in [1.165, 1.54) is 6.20 Å². The van der Waals surface area contributed by atoms with E-state index < -0.39 is 5.97 Å². The fourth-order valence-electron chi connectivity index (χ4n) is 1.44. The average molecular weight is 208 g/mol. The van der Waals surface area contributed by atoms with E-state index >= 15 is 0 Å². The van der Waals surface area contributed by atoms with Crippen molar-refractivity contribution in [3.8, 4) is 0 Å². The van der Waals surface area contributed by atoms with E-state index in [-0.39, 0.29) is 17.8 Å². The van der Waals surface area contributed by atoms with Crippen LogP contribution in [0.2, 0.25) is 0 Å². The van der Waals surface area contributed by atoms with Gasteiger partial charge >= 0.3 is 5.97 Å². The first-order valence-corrected chi connectivity index (χ1v) is 4.74. The summed E-state index contributed by atoms with van der Waals surface area (Å²) in [5, 5.41) is 21.0. The van der Waals surface area contributed by atoms with Crippen LogP contribution in [-0.4, -0.2) is 33.3 Å². The lowest BCUT2D eigenvalue weighted by atomic mass is 10.2. The molecule has 0 amide bonds. The second-order valence-electron chi connectivity index (χ2n) is 3.77. The van der Waals surface area contributed by atoms with Crippen LogP contribution < -0.4 is 5.32 Å². The minimum absolute atomic E-state index is 0.00257. The summed E-state index contributed by atoms with van der Waals surface area (Å²) in [6.07, 6.45) is 3.15. The lowest BCUT2D eigenvalue weighted by molar-refractivity contribution is 0.0691. The zero-order chi connectivity index (χ0) is 10.9. The van der Waals surface area contributed by atoms with Crippen LogP contribution in [0.4, 0.5) is 5.69 Å². The van der Waals surface area contributed by atoms with Gasteiger partial charge in [-0.1, -0.05) is 0 Å². The number of aromatic carboxylic acids is 1. The molecule has 80 valence electrons. The monoisotopic (exact) mass is 208 g/mol. The van der Waals surface area contributed by atoms with Crippen LogP contribution in [0.5, 0.6) is 0 Å². The van der Waals surface area contributed by atoms with E-state index in [1.807, 2.05) is 0 Å². The van der Waals surface area contributed by atoms with Crippen molar-refractivity contribution in [2.75, 3.05) is 11.9 Å². The highest BCUT2D eigenvalue weighted by Crippen LogP contribution is 2.38. The average Bonchev–Trinajstić information content (AvgIpc) is 2.99. The molecule has 5 nitrogen and oxygen atoms in total. The Hall–Kier alpha value is -1.62. The number of pyridine rings is 1. The number of hydrogen-bond donors (Lipinski definition) is 3. The predicted octanol–water partition coefficient (Wildman–Crippen LogP) is 0.717. The van der Waals surface area contributed by atoms with Gasteiger partial charge in [0, 0.05) is 6.20 Å². The Morgan fingerprint density at radius 1 is 1.60 bits per heavy atom. The molecule has 0 aromatic carbocycles. The number of nitrogens with zero attached hydrogens (tertiary/aromatic N) is 1. The van der Waals surface area contributed by atoms with Crippen LogP contribution in [0.25, 0.3) is 0 Å². The first-order valence-electron chi connectivity index (χ1n) is 4.74. The van der Waals surface area contributed by atoms with Crippen molar-refractivity contribution in [3.05, 3.63) is 24.0 Å². The Balaban J connectivity index is 2.24. The molecule has 1 aliphatic carbocycles. The Morgan fingerprint density at radius 3 is 2.87 bits per heavy atom. The van der Waals surface area contributed by atoms with Gasteiger partial charge in [-0.25, -0.2) is 9.78 Å².